The van der Waals surface area contributed by atoms with E-state index in [0.29, 0.717) is 17.9 Å². The zero-order valence-corrected chi connectivity index (χ0v) is 13.1. The number of nitrogens with one attached hydrogen (secondary N) is 1. The van der Waals surface area contributed by atoms with Crippen molar-refractivity contribution in [3.63, 3.8) is 0 Å². The van der Waals surface area contributed by atoms with Crippen LogP contribution in [0.2, 0.25) is 0 Å². The minimum absolute atomic E-state index is 0.0654. The lowest BCUT2D eigenvalue weighted by molar-refractivity contribution is 0.0679. The number of carbonyl (C=O) groups is 1. The Morgan fingerprint density at radius 2 is 2.29 bits per heavy atom. The van der Waals surface area contributed by atoms with Crippen molar-refractivity contribution in [2.24, 2.45) is 0 Å². The Hall–Kier alpha value is -1.55. The van der Waals surface area contributed by atoms with Crippen molar-refractivity contribution >= 4 is 5.91 Å². The van der Waals surface area contributed by atoms with Crippen molar-refractivity contribution < 1.29 is 14.3 Å². The first-order valence-electron chi connectivity index (χ1n) is 7.67. The second kappa shape index (κ2) is 6.94. The first-order valence-corrected chi connectivity index (χ1v) is 7.67. The topological polar surface area (TPSA) is 47.6 Å². The standard InChI is InChI=1S/C17H25NO3/c1-4-17(2,3)18-16(19)13-7-5-8-14(11-13)21-12-15-9-6-10-20-15/h5,7-8,11,15H,4,6,9-10,12H2,1-3H3,(H,18,19). The molecule has 0 radical (unpaired) electrons. The Bertz CT molecular complexity index is 479. The number of amides is 1. The summed E-state index contributed by atoms with van der Waals surface area (Å²) in [6.45, 7) is 7.46. The molecule has 1 aliphatic heterocycles. The van der Waals surface area contributed by atoms with Gasteiger partial charge in [-0.3, -0.25) is 4.79 Å². The number of hydrogen-bond donors (Lipinski definition) is 1. The van der Waals surface area contributed by atoms with E-state index >= 15 is 0 Å². The molecule has 1 saturated heterocycles. The maximum atomic E-state index is 12.2. The van der Waals surface area contributed by atoms with Gasteiger partial charge in [0, 0.05) is 17.7 Å². The van der Waals surface area contributed by atoms with Gasteiger partial charge in [0.1, 0.15) is 12.4 Å². The lowest BCUT2D eigenvalue weighted by atomic mass is 10.0. The van der Waals surface area contributed by atoms with E-state index in [-0.39, 0.29) is 17.6 Å². The van der Waals surface area contributed by atoms with Gasteiger partial charge in [-0.05, 0) is 51.3 Å². The number of rotatable bonds is 6. The second-order valence-electron chi connectivity index (χ2n) is 6.17. The Morgan fingerprint density at radius 3 is 2.95 bits per heavy atom. The highest BCUT2D eigenvalue weighted by Gasteiger charge is 2.19. The van der Waals surface area contributed by atoms with Gasteiger partial charge in [-0.2, -0.15) is 0 Å². The van der Waals surface area contributed by atoms with Crippen LogP contribution in [0.5, 0.6) is 5.75 Å². The van der Waals surface area contributed by atoms with Gasteiger partial charge in [-0.25, -0.2) is 0 Å². The second-order valence-corrected chi connectivity index (χ2v) is 6.17. The predicted octanol–water partition coefficient (Wildman–Crippen LogP) is 3.16. The molecule has 1 unspecified atom stereocenters. The van der Waals surface area contributed by atoms with Gasteiger partial charge in [-0.15, -0.1) is 0 Å². The molecule has 4 heteroatoms. The molecule has 1 heterocycles. The molecule has 0 aromatic heterocycles. The zero-order chi connectivity index (χ0) is 15.3. The van der Waals surface area contributed by atoms with Crippen LogP contribution in [0.3, 0.4) is 0 Å². The molecule has 1 aromatic carbocycles. The van der Waals surface area contributed by atoms with E-state index in [1.54, 1.807) is 12.1 Å². The van der Waals surface area contributed by atoms with Crippen LogP contribution in [0.4, 0.5) is 0 Å². The zero-order valence-electron chi connectivity index (χ0n) is 13.1. The summed E-state index contributed by atoms with van der Waals surface area (Å²) in [6.07, 6.45) is 3.21. The molecule has 0 aliphatic carbocycles. The van der Waals surface area contributed by atoms with E-state index in [9.17, 15) is 4.79 Å². The summed E-state index contributed by atoms with van der Waals surface area (Å²) in [5.41, 5.74) is 0.424. The molecule has 21 heavy (non-hydrogen) atoms. The maximum Gasteiger partial charge on any atom is 0.251 e. The van der Waals surface area contributed by atoms with Gasteiger partial charge >= 0.3 is 0 Å². The van der Waals surface area contributed by atoms with Crippen LogP contribution in [0.25, 0.3) is 0 Å². The van der Waals surface area contributed by atoms with Crippen molar-refractivity contribution in [1.82, 2.24) is 5.32 Å². The van der Waals surface area contributed by atoms with E-state index in [1.165, 1.54) is 0 Å². The fraction of sp³-hybridized carbons (Fsp3) is 0.588. The van der Waals surface area contributed by atoms with E-state index in [2.05, 4.69) is 12.2 Å². The molecule has 1 aliphatic rings. The summed E-state index contributed by atoms with van der Waals surface area (Å²) in [5.74, 6) is 0.650. The van der Waals surface area contributed by atoms with Crippen LogP contribution in [-0.4, -0.2) is 30.8 Å². The molecular weight excluding hydrogens is 266 g/mol. The summed E-state index contributed by atoms with van der Waals surface area (Å²) < 4.78 is 11.3. The highest BCUT2D eigenvalue weighted by atomic mass is 16.5. The van der Waals surface area contributed by atoms with Gasteiger partial charge in [0.25, 0.3) is 5.91 Å². The number of hydrogen-bond acceptors (Lipinski definition) is 3. The monoisotopic (exact) mass is 291 g/mol. The molecule has 1 N–H and O–H groups in total. The Balaban J connectivity index is 1.94. The summed E-state index contributed by atoms with van der Waals surface area (Å²) in [6, 6.07) is 7.31. The third kappa shape index (κ3) is 4.74. The van der Waals surface area contributed by atoms with E-state index < -0.39 is 0 Å². The van der Waals surface area contributed by atoms with Crippen molar-refractivity contribution in [3.05, 3.63) is 29.8 Å². The molecule has 116 valence electrons. The van der Waals surface area contributed by atoms with Crippen LogP contribution in [-0.2, 0) is 4.74 Å². The Labute approximate surface area is 126 Å². The van der Waals surface area contributed by atoms with Crippen molar-refractivity contribution in [1.29, 1.82) is 0 Å². The van der Waals surface area contributed by atoms with Crippen LogP contribution in [0, 0.1) is 0 Å². The van der Waals surface area contributed by atoms with E-state index in [1.807, 2.05) is 26.0 Å². The summed E-state index contributed by atoms with van der Waals surface area (Å²) >= 11 is 0. The smallest absolute Gasteiger partial charge is 0.251 e. The largest absolute Gasteiger partial charge is 0.491 e. The molecule has 0 spiro atoms. The van der Waals surface area contributed by atoms with Crippen LogP contribution >= 0.6 is 0 Å². The van der Waals surface area contributed by atoms with E-state index in [4.69, 9.17) is 9.47 Å². The van der Waals surface area contributed by atoms with E-state index in [0.717, 1.165) is 25.9 Å². The third-order valence-corrected chi connectivity index (χ3v) is 3.89. The minimum atomic E-state index is -0.203. The Kier molecular flexibility index (Phi) is 5.23. The molecule has 1 aromatic rings. The summed E-state index contributed by atoms with van der Waals surface area (Å²) in [4.78, 5) is 12.2. The van der Waals surface area contributed by atoms with Crippen LogP contribution in [0.15, 0.2) is 24.3 Å². The number of carbonyl (C=O) groups excluding carboxylic acids is 1. The first kappa shape index (κ1) is 15.8. The van der Waals surface area contributed by atoms with Crippen molar-refractivity contribution in [2.45, 2.75) is 51.7 Å². The fourth-order valence-corrected chi connectivity index (χ4v) is 2.16. The van der Waals surface area contributed by atoms with Gasteiger partial charge in [0.05, 0.1) is 6.10 Å². The Morgan fingerprint density at radius 1 is 1.48 bits per heavy atom. The lowest BCUT2D eigenvalue weighted by Gasteiger charge is -2.24. The van der Waals surface area contributed by atoms with Crippen LogP contribution < -0.4 is 10.1 Å². The highest BCUT2D eigenvalue weighted by molar-refractivity contribution is 5.95. The maximum absolute atomic E-state index is 12.2. The average molecular weight is 291 g/mol. The minimum Gasteiger partial charge on any atom is -0.491 e. The quantitative estimate of drug-likeness (QED) is 0.875. The molecule has 1 amide bonds. The van der Waals surface area contributed by atoms with Gasteiger partial charge in [0.15, 0.2) is 0 Å². The molecule has 1 fully saturated rings. The van der Waals surface area contributed by atoms with Crippen molar-refractivity contribution in [2.75, 3.05) is 13.2 Å². The summed E-state index contributed by atoms with van der Waals surface area (Å²) in [7, 11) is 0. The highest BCUT2D eigenvalue weighted by Crippen LogP contribution is 2.18. The average Bonchev–Trinajstić information content (AvgIpc) is 2.98. The predicted molar refractivity (Wildman–Crippen MR) is 82.7 cm³/mol. The molecule has 0 bridgehead atoms. The molecule has 1 atom stereocenters. The number of ether oxygens (including phenoxy) is 2. The van der Waals surface area contributed by atoms with Gasteiger partial charge in [-0.1, -0.05) is 13.0 Å². The molecule has 2 rings (SSSR count). The van der Waals surface area contributed by atoms with Gasteiger partial charge in [0.2, 0.25) is 0 Å². The van der Waals surface area contributed by atoms with Crippen LogP contribution in [0.1, 0.15) is 50.4 Å². The summed E-state index contributed by atoms with van der Waals surface area (Å²) in [5, 5.41) is 3.03. The molecule has 4 nitrogen and oxygen atoms in total. The SMILES string of the molecule is CCC(C)(C)NC(=O)c1cccc(OCC2CCCO2)c1. The van der Waals surface area contributed by atoms with Gasteiger partial charge < -0.3 is 14.8 Å². The first-order chi connectivity index (χ1) is 10.00. The van der Waals surface area contributed by atoms with Crippen molar-refractivity contribution in [3.8, 4) is 5.75 Å². The third-order valence-electron chi connectivity index (χ3n) is 3.89. The molecule has 0 saturated carbocycles. The number of benzene rings is 1. The fourth-order valence-electron chi connectivity index (χ4n) is 2.16. The normalized spacial score (nSPS) is 18.5. The lowest BCUT2D eigenvalue weighted by Crippen LogP contribution is -2.42. The molecular formula is C17H25NO3.